The second-order valence-corrected chi connectivity index (χ2v) is 35.6. The molecule has 0 bridgehead atoms. The minimum atomic E-state index is -4.97. The van der Waals surface area contributed by atoms with Crippen molar-refractivity contribution in [1.29, 1.82) is 0 Å². The maximum Gasteiger partial charge on any atom is 0.472 e. The van der Waals surface area contributed by atoms with Crippen molar-refractivity contribution >= 4 is 39.5 Å². The third kappa shape index (κ3) is 78.0. The fraction of sp³-hybridized carbons (Fsp3) is 0.955. The summed E-state index contributed by atoms with van der Waals surface area (Å²) in [5.41, 5.74) is 0. The lowest BCUT2D eigenvalue weighted by Gasteiger charge is -2.21. The molecule has 3 N–H and O–H groups in total. The van der Waals surface area contributed by atoms with Gasteiger partial charge in [-0.2, -0.15) is 0 Å². The Morgan fingerprint density at radius 1 is 0.259 bits per heavy atom. The molecule has 108 heavy (non-hydrogen) atoms. The van der Waals surface area contributed by atoms with Crippen LogP contribution in [0.25, 0.3) is 0 Å². The second-order valence-electron chi connectivity index (χ2n) is 32.7. The number of hydrogen-bond donors (Lipinski definition) is 3. The maximum absolute atomic E-state index is 13.2. The molecule has 8 atom stereocenters. The molecule has 0 rings (SSSR count). The van der Waals surface area contributed by atoms with Gasteiger partial charge < -0.3 is 33.8 Å². The van der Waals surface area contributed by atoms with Crippen molar-refractivity contribution in [2.24, 2.45) is 17.8 Å². The maximum atomic E-state index is 13.2. The van der Waals surface area contributed by atoms with E-state index in [-0.39, 0.29) is 25.7 Å². The molecule has 0 spiro atoms. The van der Waals surface area contributed by atoms with Gasteiger partial charge in [-0.3, -0.25) is 37.3 Å². The van der Waals surface area contributed by atoms with E-state index in [1.54, 1.807) is 0 Å². The topological polar surface area (TPSA) is 237 Å². The number of hydrogen-bond acceptors (Lipinski definition) is 15. The van der Waals surface area contributed by atoms with Crippen LogP contribution in [0, 0.1) is 17.8 Å². The number of carbonyl (C=O) groups is 4. The van der Waals surface area contributed by atoms with Crippen LogP contribution in [0.2, 0.25) is 0 Å². The van der Waals surface area contributed by atoms with E-state index in [9.17, 15) is 43.2 Å². The molecule has 19 heteroatoms. The van der Waals surface area contributed by atoms with E-state index in [1.807, 2.05) is 0 Å². The summed E-state index contributed by atoms with van der Waals surface area (Å²) in [5.74, 6) is 0.300. The number of carbonyl (C=O) groups excluding carboxylic acids is 4. The van der Waals surface area contributed by atoms with Crippen molar-refractivity contribution in [1.82, 2.24) is 0 Å². The summed E-state index contributed by atoms with van der Waals surface area (Å²) in [6.07, 6.45) is 71.0. The Morgan fingerprint density at radius 2 is 0.444 bits per heavy atom. The van der Waals surface area contributed by atoms with Crippen LogP contribution in [-0.2, 0) is 65.4 Å². The highest BCUT2D eigenvalue weighted by Gasteiger charge is 2.31. The third-order valence-electron chi connectivity index (χ3n) is 22.0. The van der Waals surface area contributed by atoms with Gasteiger partial charge in [0.25, 0.3) is 0 Å². The number of aliphatic hydroxyl groups is 1. The van der Waals surface area contributed by atoms with Gasteiger partial charge in [0.2, 0.25) is 0 Å². The number of esters is 4. The number of phosphoric acid groups is 2. The van der Waals surface area contributed by atoms with Gasteiger partial charge in [-0.25, -0.2) is 9.13 Å². The smallest absolute Gasteiger partial charge is 0.462 e. The van der Waals surface area contributed by atoms with Crippen LogP contribution in [0.1, 0.15) is 472 Å². The van der Waals surface area contributed by atoms with Gasteiger partial charge >= 0.3 is 39.5 Å². The molecule has 0 radical (unpaired) electrons. The molecule has 0 aromatic rings. The lowest BCUT2D eigenvalue weighted by molar-refractivity contribution is -0.161. The summed E-state index contributed by atoms with van der Waals surface area (Å²) in [6, 6.07) is 0. The lowest BCUT2D eigenvalue weighted by atomic mass is 9.99. The largest absolute Gasteiger partial charge is 0.472 e. The van der Waals surface area contributed by atoms with Gasteiger partial charge in [0, 0.05) is 25.7 Å². The Balaban J connectivity index is 5.21. The van der Waals surface area contributed by atoms with Crippen LogP contribution in [0.4, 0.5) is 0 Å². The molecule has 0 saturated carbocycles. The van der Waals surface area contributed by atoms with E-state index in [0.717, 1.165) is 114 Å². The predicted octanol–water partition coefficient (Wildman–Crippen LogP) is 27.3. The average molecular weight is 1580 g/mol. The number of phosphoric ester groups is 2. The zero-order chi connectivity index (χ0) is 79.3. The fourth-order valence-electron chi connectivity index (χ4n) is 13.8. The SMILES string of the molecule is CCCCCCCCCCCCCCCCCCCCCCCCC(=O)OC[C@H](COP(=O)(O)OC[C@@H](O)COP(=O)(O)OC[C@@H](COC(=O)CCCCCCCCC(C)CC)OC(=O)CCCCCCCCCCCCC(C)CC)OC(=O)CCCCCCCCCCCCCCCCCCCCC(C)CC. The van der Waals surface area contributed by atoms with Crippen molar-refractivity contribution in [3.05, 3.63) is 0 Å². The number of unbranched alkanes of at least 4 members (excludes halogenated alkanes) is 52. The summed E-state index contributed by atoms with van der Waals surface area (Å²) in [5, 5.41) is 10.7. The second kappa shape index (κ2) is 78.9. The standard InChI is InChI=1S/C89H174O17P2/c1-8-12-13-14-15-16-17-18-19-20-21-22-23-24-28-31-34-37-43-48-56-63-70-86(91)99-76-84(105-88(93)72-65-58-49-44-38-35-32-29-26-25-27-30-33-36-41-46-53-60-67-80(5)9-2)78-103-107(95,96)101-74-83(90)75-102-108(97,98)104-79-85(77-100-87(92)71-64-57-52-51-55-62-69-82(7)11-4)106-89(94)73-66-59-50-45-40-39-42-47-54-61-68-81(6)10-3/h80-85,90H,8-79H2,1-7H3,(H,95,96)(H,97,98)/t80?,81?,82?,83-,84-,85-/m1/s1. The minimum Gasteiger partial charge on any atom is -0.462 e. The highest BCUT2D eigenvalue weighted by molar-refractivity contribution is 7.47. The Labute approximate surface area is 664 Å². The van der Waals surface area contributed by atoms with Gasteiger partial charge in [0.05, 0.1) is 26.4 Å². The number of aliphatic hydroxyl groups excluding tert-OH is 1. The van der Waals surface area contributed by atoms with Gasteiger partial charge in [0.15, 0.2) is 12.2 Å². The van der Waals surface area contributed by atoms with Crippen molar-refractivity contribution in [3.8, 4) is 0 Å². The first-order chi connectivity index (χ1) is 52.3. The molecule has 0 heterocycles. The highest BCUT2D eigenvalue weighted by atomic mass is 31.2. The van der Waals surface area contributed by atoms with E-state index in [4.69, 9.17) is 37.0 Å². The summed E-state index contributed by atoms with van der Waals surface area (Å²) in [7, 11) is -9.93. The molecular weight excluding hydrogens is 1400 g/mol. The highest BCUT2D eigenvalue weighted by Crippen LogP contribution is 2.45. The number of ether oxygens (including phenoxy) is 4. The first-order valence-electron chi connectivity index (χ1n) is 46.0. The van der Waals surface area contributed by atoms with Crippen LogP contribution in [0.15, 0.2) is 0 Å². The fourth-order valence-corrected chi connectivity index (χ4v) is 15.4. The van der Waals surface area contributed by atoms with Crippen molar-refractivity contribution in [2.75, 3.05) is 39.6 Å². The van der Waals surface area contributed by atoms with Crippen LogP contribution >= 0.6 is 15.6 Å². The monoisotopic (exact) mass is 1580 g/mol. The molecule has 0 aliphatic carbocycles. The molecule has 0 aliphatic heterocycles. The summed E-state index contributed by atoms with van der Waals surface area (Å²) in [4.78, 5) is 73.3. The normalized spacial score (nSPS) is 14.6. The third-order valence-corrected chi connectivity index (χ3v) is 23.9. The summed E-state index contributed by atoms with van der Waals surface area (Å²) < 4.78 is 68.9. The van der Waals surface area contributed by atoms with Crippen molar-refractivity contribution in [2.45, 2.75) is 491 Å². The minimum absolute atomic E-state index is 0.106. The molecule has 0 saturated heterocycles. The first kappa shape index (κ1) is 106. The molecule has 0 aromatic heterocycles. The van der Waals surface area contributed by atoms with E-state index in [1.165, 1.54) is 276 Å². The van der Waals surface area contributed by atoms with E-state index < -0.39 is 97.5 Å². The van der Waals surface area contributed by atoms with Crippen molar-refractivity contribution < 1.29 is 80.2 Å². The first-order valence-corrected chi connectivity index (χ1v) is 49.0. The van der Waals surface area contributed by atoms with Gasteiger partial charge in [-0.1, -0.05) is 421 Å². The van der Waals surface area contributed by atoms with E-state index in [2.05, 4.69) is 48.5 Å². The van der Waals surface area contributed by atoms with Gasteiger partial charge in [-0.15, -0.1) is 0 Å². The summed E-state index contributed by atoms with van der Waals surface area (Å²) >= 11 is 0. The predicted molar refractivity (Wildman–Crippen MR) is 446 cm³/mol. The van der Waals surface area contributed by atoms with E-state index in [0.29, 0.717) is 25.7 Å². The Kier molecular flexibility index (Phi) is 77.5. The summed E-state index contributed by atoms with van der Waals surface area (Å²) in [6.45, 7) is 12.0. The average Bonchev–Trinajstić information content (AvgIpc) is 0.895. The molecule has 0 amide bonds. The molecule has 17 nitrogen and oxygen atoms in total. The zero-order valence-electron chi connectivity index (χ0n) is 71.3. The van der Waals surface area contributed by atoms with Gasteiger partial charge in [-0.05, 0) is 43.4 Å². The molecule has 5 unspecified atom stereocenters. The number of rotatable bonds is 87. The van der Waals surface area contributed by atoms with Crippen molar-refractivity contribution in [3.63, 3.8) is 0 Å². The Hall–Kier alpha value is -1.94. The Bertz CT molecular complexity index is 2080. The van der Waals surface area contributed by atoms with Crippen LogP contribution in [0.5, 0.6) is 0 Å². The Morgan fingerprint density at radius 3 is 0.657 bits per heavy atom. The van der Waals surface area contributed by atoms with Crippen LogP contribution < -0.4 is 0 Å². The quantitative estimate of drug-likeness (QED) is 0.0222. The lowest BCUT2D eigenvalue weighted by Crippen LogP contribution is -2.30. The zero-order valence-corrected chi connectivity index (χ0v) is 73.1. The van der Waals surface area contributed by atoms with Crippen LogP contribution in [-0.4, -0.2) is 96.7 Å². The van der Waals surface area contributed by atoms with Gasteiger partial charge in [0.1, 0.15) is 19.3 Å². The molecule has 0 aromatic carbocycles. The van der Waals surface area contributed by atoms with E-state index >= 15 is 0 Å². The van der Waals surface area contributed by atoms with Crippen LogP contribution in [0.3, 0.4) is 0 Å². The molecule has 642 valence electrons. The molecule has 0 fully saturated rings. The molecule has 0 aliphatic rings. The molecular formula is C89H174O17P2.